The van der Waals surface area contributed by atoms with E-state index < -0.39 is 0 Å². The van der Waals surface area contributed by atoms with Crippen molar-refractivity contribution in [3.8, 4) is 0 Å². The first kappa shape index (κ1) is 6.16. The van der Waals surface area contributed by atoms with Gasteiger partial charge in [0.15, 0.2) is 0 Å². The number of piperidine rings is 1. The third-order valence-electron chi connectivity index (χ3n) is 2.73. The summed E-state index contributed by atoms with van der Waals surface area (Å²) in [5, 5.41) is 8.92. The van der Waals surface area contributed by atoms with Crippen LogP contribution in [0.4, 0.5) is 0 Å². The van der Waals surface area contributed by atoms with Crippen molar-refractivity contribution in [1.82, 2.24) is 4.90 Å². The fourth-order valence-corrected chi connectivity index (χ4v) is 1.91. The van der Waals surface area contributed by atoms with E-state index in [9.17, 15) is 4.79 Å². The maximum Gasteiger partial charge on any atom is 0.226 e. The van der Waals surface area contributed by atoms with Crippen molar-refractivity contribution in [2.45, 2.75) is 6.42 Å². The number of aliphatic hydroxyl groups is 1. The van der Waals surface area contributed by atoms with Crippen molar-refractivity contribution in [3.63, 3.8) is 0 Å². The molecule has 0 bridgehead atoms. The van der Waals surface area contributed by atoms with Crippen LogP contribution in [0.2, 0.25) is 0 Å². The quantitative estimate of drug-likeness (QED) is 0.532. The largest absolute Gasteiger partial charge is 0.396 e. The number of rotatable bonds is 1. The molecule has 0 spiro atoms. The first-order valence-corrected chi connectivity index (χ1v) is 3.55. The van der Waals surface area contributed by atoms with Gasteiger partial charge in [0.05, 0.1) is 6.61 Å². The van der Waals surface area contributed by atoms with Crippen LogP contribution in [0, 0.1) is 11.3 Å². The Labute approximate surface area is 59.6 Å². The number of aliphatic hydroxyl groups excluding tert-OH is 1. The molecule has 2 rings (SSSR count). The van der Waals surface area contributed by atoms with Gasteiger partial charge < -0.3 is 10.0 Å². The van der Waals surface area contributed by atoms with Gasteiger partial charge in [-0.15, -0.1) is 0 Å². The van der Waals surface area contributed by atoms with Crippen molar-refractivity contribution in [3.05, 3.63) is 0 Å². The molecule has 0 aromatic carbocycles. The van der Waals surface area contributed by atoms with Crippen LogP contribution in [0.25, 0.3) is 0 Å². The van der Waals surface area contributed by atoms with Crippen molar-refractivity contribution in [1.29, 1.82) is 0 Å². The summed E-state index contributed by atoms with van der Waals surface area (Å²) in [6.07, 6.45) is 0.909. The van der Waals surface area contributed by atoms with E-state index in [0.717, 1.165) is 13.0 Å². The number of nitrogens with zero attached hydrogens (tertiary/aromatic N) is 1. The molecule has 1 aliphatic carbocycles. The van der Waals surface area contributed by atoms with Crippen molar-refractivity contribution in [2.24, 2.45) is 11.3 Å². The highest BCUT2D eigenvalue weighted by molar-refractivity contribution is 5.85. The lowest BCUT2D eigenvalue weighted by Crippen LogP contribution is -2.25. The molecule has 3 nitrogen and oxygen atoms in total. The summed E-state index contributed by atoms with van der Waals surface area (Å²) in [4.78, 5) is 12.8. The number of fused-ring (bicyclic) bond motifs is 1. The highest BCUT2D eigenvalue weighted by atomic mass is 16.3. The van der Waals surface area contributed by atoms with Crippen LogP contribution in [0.1, 0.15) is 6.42 Å². The highest BCUT2D eigenvalue weighted by Crippen LogP contribution is 2.57. The molecule has 0 radical (unpaired) electrons. The molecule has 2 fully saturated rings. The van der Waals surface area contributed by atoms with E-state index in [1.807, 2.05) is 0 Å². The van der Waals surface area contributed by atoms with Crippen LogP contribution < -0.4 is 0 Å². The maximum absolute atomic E-state index is 11.1. The topological polar surface area (TPSA) is 40.5 Å². The van der Waals surface area contributed by atoms with Gasteiger partial charge in [0, 0.05) is 24.9 Å². The van der Waals surface area contributed by atoms with Crippen LogP contribution in [-0.2, 0) is 4.79 Å². The van der Waals surface area contributed by atoms with Gasteiger partial charge in [-0.1, -0.05) is 0 Å². The second kappa shape index (κ2) is 1.53. The fraction of sp³-hybridized carbons (Fsp3) is 0.857. The Kier molecular flexibility index (Phi) is 0.944. The Morgan fingerprint density at radius 3 is 2.90 bits per heavy atom. The lowest BCUT2D eigenvalue weighted by atomic mass is 10.1. The fourth-order valence-electron chi connectivity index (χ4n) is 1.91. The summed E-state index contributed by atoms with van der Waals surface area (Å²) in [5.74, 6) is 0.372. The van der Waals surface area contributed by atoms with Crippen molar-refractivity contribution in [2.75, 3.05) is 20.2 Å². The monoisotopic (exact) mass is 141 g/mol. The molecule has 0 aromatic heterocycles. The molecule has 3 heteroatoms. The van der Waals surface area contributed by atoms with E-state index in [1.165, 1.54) is 0 Å². The molecular weight excluding hydrogens is 130 g/mol. The molecule has 1 saturated heterocycles. The Balaban J connectivity index is 2.18. The Hall–Kier alpha value is -0.570. The van der Waals surface area contributed by atoms with Gasteiger partial charge in [-0.2, -0.15) is 0 Å². The van der Waals surface area contributed by atoms with E-state index in [2.05, 4.69) is 0 Å². The Bertz CT molecular complexity index is 192. The van der Waals surface area contributed by atoms with Gasteiger partial charge in [0.25, 0.3) is 0 Å². The molecule has 2 atom stereocenters. The summed E-state index contributed by atoms with van der Waals surface area (Å²) >= 11 is 0. The van der Waals surface area contributed by atoms with E-state index >= 15 is 0 Å². The van der Waals surface area contributed by atoms with E-state index in [0.29, 0.717) is 0 Å². The number of carbonyl (C=O) groups is 1. The van der Waals surface area contributed by atoms with Crippen LogP contribution in [0.15, 0.2) is 0 Å². The zero-order chi connectivity index (χ0) is 7.35. The summed E-state index contributed by atoms with van der Waals surface area (Å²) in [7, 11) is 1.80. The second-order valence-electron chi connectivity index (χ2n) is 3.47. The third kappa shape index (κ3) is 0.515. The Morgan fingerprint density at radius 1 is 1.90 bits per heavy atom. The number of hydrogen-bond donors (Lipinski definition) is 1. The normalized spacial score (nSPS) is 44.0. The van der Waals surface area contributed by atoms with Gasteiger partial charge in [-0.3, -0.25) is 4.79 Å². The van der Waals surface area contributed by atoms with E-state index in [-0.39, 0.29) is 23.8 Å². The van der Waals surface area contributed by atoms with E-state index in [4.69, 9.17) is 5.11 Å². The molecule has 1 saturated carbocycles. The SMILES string of the molecule is CN1C[C@]2(CO)C[C@@H]2C1=O. The standard InChI is InChI=1S/C7H11NO2/c1-8-3-7(4-9)2-5(7)6(8)10/h5,9H,2-4H2,1H3/t5-,7+/m1/s1. The zero-order valence-electron chi connectivity index (χ0n) is 6.00. The minimum absolute atomic E-state index is 0.0220. The van der Waals surface area contributed by atoms with Crippen LogP contribution in [-0.4, -0.2) is 36.1 Å². The molecule has 10 heavy (non-hydrogen) atoms. The Morgan fingerprint density at radius 2 is 2.60 bits per heavy atom. The lowest BCUT2D eigenvalue weighted by Gasteiger charge is -2.13. The molecular formula is C7H11NO2. The molecule has 56 valence electrons. The van der Waals surface area contributed by atoms with Crippen LogP contribution in [0.3, 0.4) is 0 Å². The predicted octanol–water partition coefficient (Wildman–Crippen LogP) is -0.543. The molecule has 0 aromatic rings. The van der Waals surface area contributed by atoms with Crippen LogP contribution in [0.5, 0.6) is 0 Å². The zero-order valence-corrected chi connectivity index (χ0v) is 6.00. The van der Waals surface area contributed by atoms with Gasteiger partial charge >= 0.3 is 0 Å². The first-order valence-electron chi connectivity index (χ1n) is 3.55. The summed E-state index contributed by atoms with van der Waals surface area (Å²) in [6, 6.07) is 0. The first-order chi connectivity index (χ1) is 4.69. The van der Waals surface area contributed by atoms with Crippen molar-refractivity contribution < 1.29 is 9.90 Å². The summed E-state index contributed by atoms with van der Waals surface area (Å²) < 4.78 is 0. The van der Waals surface area contributed by atoms with Gasteiger partial charge in [0.1, 0.15) is 0 Å². The smallest absolute Gasteiger partial charge is 0.226 e. The number of hydrogen-bond acceptors (Lipinski definition) is 2. The third-order valence-corrected chi connectivity index (χ3v) is 2.73. The molecule has 0 unspecified atom stereocenters. The molecule has 1 heterocycles. The minimum atomic E-state index is -0.0220. The lowest BCUT2D eigenvalue weighted by molar-refractivity contribution is -0.128. The minimum Gasteiger partial charge on any atom is -0.396 e. The maximum atomic E-state index is 11.1. The highest BCUT2D eigenvalue weighted by Gasteiger charge is 2.64. The van der Waals surface area contributed by atoms with Gasteiger partial charge in [-0.05, 0) is 6.42 Å². The molecule has 2 aliphatic rings. The van der Waals surface area contributed by atoms with Crippen molar-refractivity contribution >= 4 is 5.91 Å². The van der Waals surface area contributed by atoms with Crippen LogP contribution >= 0.6 is 0 Å². The number of likely N-dealkylation sites (tertiary alicyclic amines) is 1. The molecule has 1 amide bonds. The average molecular weight is 141 g/mol. The average Bonchev–Trinajstić information content (AvgIpc) is 2.57. The number of amides is 1. The second-order valence-corrected chi connectivity index (χ2v) is 3.47. The molecule has 1 aliphatic heterocycles. The summed E-state index contributed by atoms with van der Waals surface area (Å²) in [5.41, 5.74) is -0.0220. The predicted molar refractivity (Wildman–Crippen MR) is 35.3 cm³/mol. The van der Waals surface area contributed by atoms with Gasteiger partial charge in [0.2, 0.25) is 5.91 Å². The summed E-state index contributed by atoms with van der Waals surface area (Å²) in [6.45, 7) is 0.931. The molecule has 1 N–H and O–H groups in total. The number of carbonyl (C=O) groups excluding carboxylic acids is 1. The van der Waals surface area contributed by atoms with Gasteiger partial charge in [-0.25, -0.2) is 0 Å². The van der Waals surface area contributed by atoms with E-state index in [1.54, 1.807) is 11.9 Å².